The molecule has 1 unspecified atom stereocenters. The molecule has 0 aliphatic carbocycles. The van der Waals surface area contributed by atoms with Crippen LogP contribution in [-0.2, 0) is 0 Å². The number of unbranched alkanes of at least 4 members (excludes halogenated alkanes) is 9. The number of anilines is 2. The molecule has 1 fully saturated rings. The van der Waals surface area contributed by atoms with Crippen LogP contribution in [0.4, 0.5) is 11.4 Å². The van der Waals surface area contributed by atoms with Crippen LogP contribution in [0.15, 0.2) is 82.6 Å². The van der Waals surface area contributed by atoms with E-state index >= 15 is 0 Å². The third-order valence-electron chi connectivity index (χ3n) is 8.36. The summed E-state index contributed by atoms with van der Waals surface area (Å²) < 4.78 is 6.00. The molecule has 0 saturated carbocycles. The number of hydrogen-bond donors (Lipinski definition) is 0. The fraction of sp³-hybridized carbons (Fsp3) is 0.486. The average molecular weight is 543 g/mol. The molecule has 1 saturated heterocycles. The van der Waals surface area contributed by atoms with Gasteiger partial charge in [-0.1, -0.05) is 99.5 Å². The Kier molecular flexibility index (Phi) is 10.7. The van der Waals surface area contributed by atoms with Crippen LogP contribution in [0.2, 0.25) is 0 Å². The van der Waals surface area contributed by atoms with Crippen molar-refractivity contribution in [2.24, 2.45) is 0 Å². The monoisotopic (exact) mass is 542 g/mol. The van der Waals surface area contributed by atoms with Crippen molar-refractivity contribution in [3.8, 4) is 5.75 Å². The number of para-hydroxylation sites is 2. The number of rotatable bonds is 15. The summed E-state index contributed by atoms with van der Waals surface area (Å²) in [6.07, 6.45) is 15.8. The van der Waals surface area contributed by atoms with E-state index in [-0.39, 0.29) is 0 Å². The first-order chi connectivity index (χ1) is 19.3. The molecule has 5 rings (SSSR count). The Morgan fingerprint density at radius 1 is 0.692 bits per heavy atom. The third kappa shape index (κ3) is 7.83. The van der Waals surface area contributed by atoms with Crippen LogP contribution in [-0.4, -0.2) is 31.6 Å². The summed E-state index contributed by atoms with van der Waals surface area (Å²) >= 11 is 1.90. The second kappa shape index (κ2) is 14.8. The fourth-order valence-electron chi connectivity index (χ4n) is 6.12. The largest absolute Gasteiger partial charge is 0.494 e. The van der Waals surface area contributed by atoms with Crippen molar-refractivity contribution in [3.05, 3.63) is 78.4 Å². The van der Waals surface area contributed by atoms with Gasteiger partial charge in [-0.2, -0.15) is 0 Å². The van der Waals surface area contributed by atoms with Gasteiger partial charge in [-0.05, 0) is 81.2 Å². The zero-order valence-electron chi connectivity index (χ0n) is 23.8. The molecule has 2 aliphatic heterocycles. The highest BCUT2D eigenvalue weighted by Crippen LogP contribution is 2.47. The normalized spacial score (nSPS) is 16.7. The molecule has 208 valence electrons. The van der Waals surface area contributed by atoms with Gasteiger partial charge in [-0.25, -0.2) is 0 Å². The molecule has 0 bridgehead atoms. The Balaban J connectivity index is 0.879. The lowest BCUT2D eigenvalue weighted by Crippen LogP contribution is -2.21. The maximum absolute atomic E-state index is 6.00. The highest BCUT2D eigenvalue weighted by atomic mass is 32.2. The second-order valence-corrected chi connectivity index (χ2v) is 12.4. The summed E-state index contributed by atoms with van der Waals surface area (Å²) in [5.74, 6) is 1.02. The first-order valence-electron chi connectivity index (χ1n) is 15.4. The van der Waals surface area contributed by atoms with E-state index in [1.165, 1.54) is 104 Å². The first kappa shape index (κ1) is 28.1. The first-order valence-corrected chi connectivity index (χ1v) is 16.2. The van der Waals surface area contributed by atoms with E-state index in [1.54, 1.807) is 0 Å². The van der Waals surface area contributed by atoms with Crippen LogP contribution in [0.3, 0.4) is 0 Å². The summed E-state index contributed by atoms with van der Waals surface area (Å²) in [6.45, 7) is 3.17. The zero-order valence-corrected chi connectivity index (χ0v) is 24.6. The Morgan fingerprint density at radius 3 is 1.85 bits per heavy atom. The third-order valence-corrected chi connectivity index (χ3v) is 9.49. The lowest BCUT2D eigenvalue weighted by molar-refractivity contribution is 0.302. The Labute approximate surface area is 240 Å². The van der Waals surface area contributed by atoms with Crippen molar-refractivity contribution in [1.29, 1.82) is 0 Å². The SMILES string of the molecule is CN1CCCC1c1ccc(OCCCCCCCCCCCCN2c3ccccc3Sc3ccccc32)cc1. The Bertz CT molecular complexity index is 1100. The van der Waals surface area contributed by atoms with Crippen LogP contribution >= 0.6 is 11.8 Å². The summed E-state index contributed by atoms with van der Waals surface area (Å²) in [4.78, 5) is 7.76. The molecule has 0 N–H and O–H groups in total. The molecule has 3 aromatic carbocycles. The lowest BCUT2D eigenvalue weighted by Gasteiger charge is -2.32. The van der Waals surface area contributed by atoms with Gasteiger partial charge >= 0.3 is 0 Å². The van der Waals surface area contributed by atoms with Gasteiger partial charge in [0.05, 0.1) is 18.0 Å². The molecule has 1 atom stereocenters. The summed E-state index contributed by atoms with van der Waals surface area (Å²) in [5, 5.41) is 0. The molecule has 0 spiro atoms. The minimum absolute atomic E-state index is 0.592. The number of fused-ring (bicyclic) bond motifs is 2. The van der Waals surface area contributed by atoms with Gasteiger partial charge in [0.15, 0.2) is 0 Å². The summed E-state index contributed by atoms with van der Waals surface area (Å²) in [6, 6.07) is 27.1. The molecule has 3 nitrogen and oxygen atoms in total. The van der Waals surface area contributed by atoms with Crippen LogP contribution in [0.1, 0.15) is 88.7 Å². The van der Waals surface area contributed by atoms with Gasteiger partial charge in [0.2, 0.25) is 0 Å². The standard InChI is InChI=1S/C35H46N2OS/c1-36-26-16-19-31(36)29-22-24-30(25-23-29)38-28-15-9-7-5-3-2-4-6-8-14-27-37-32-17-10-12-20-34(32)39-35-21-13-11-18-33(35)37/h10-13,17-18,20-25,31H,2-9,14-16,19,26-28H2,1H3. The van der Waals surface area contributed by atoms with E-state index in [0.29, 0.717) is 6.04 Å². The van der Waals surface area contributed by atoms with Crippen molar-refractivity contribution in [2.45, 2.75) is 92.9 Å². The van der Waals surface area contributed by atoms with E-state index in [1.807, 2.05) is 11.8 Å². The lowest BCUT2D eigenvalue weighted by atomic mass is 10.0. The average Bonchev–Trinajstić information content (AvgIpc) is 3.41. The summed E-state index contributed by atoms with van der Waals surface area (Å²) in [5.41, 5.74) is 4.17. The summed E-state index contributed by atoms with van der Waals surface area (Å²) in [7, 11) is 2.23. The molecule has 0 amide bonds. The van der Waals surface area contributed by atoms with Crippen molar-refractivity contribution < 1.29 is 4.74 Å². The van der Waals surface area contributed by atoms with Crippen molar-refractivity contribution >= 4 is 23.1 Å². The van der Waals surface area contributed by atoms with Crippen molar-refractivity contribution in [1.82, 2.24) is 4.90 Å². The van der Waals surface area contributed by atoms with Crippen LogP contribution < -0.4 is 9.64 Å². The maximum atomic E-state index is 6.00. The van der Waals surface area contributed by atoms with Crippen molar-refractivity contribution in [2.75, 3.05) is 31.6 Å². The Hall–Kier alpha value is -2.43. The van der Waals surface area contributed by atoms with Gasteiger partial charge in [-0.3, -0.25) is 4.90 Å². The Morgan fingerprint density at radius 2 is 1.26 bits per heavy atom. The van der Waals surface area contributed by atoms with Gasteiger partial charge in [-0.15, -0.1) is 0 Å². The highest BCUT2D eigenvalue weighted by Gasteiger charge is 2.23. The van der Waals surface area contributed by atoms with Crippen molar-refractivity contribution in [3.63, 3.8) is 0 Å². The van der Waals surface area contributed by atoms with E-state index in [2.05, 4.69) is 89.6 Å². The van der Waals surface area contributed by atoms with Gasteiger partial charge < -0.3 is 9.64 Å². The smallest absolute Gasteiger partial charge is 0.119 e. The van der Waals surface area contributed by atoms with Gasteiger partial charge in [0.1, 0.15) is 5.75 Å². The molecule has 0 aromatic heterocycles. The van der Waals surface area contributed by atoms with E-state index < -0.39 is 0 Å². The molecule has 0 radical (unpaired) electrons. The number of ether oxygens (including phenoxy) is 1. The predicted octanol–water partition coefficient (Wildman–Crippen LogP) is 10.0. The van der Waals surface area contributed by atoms with Gasteiger partial charge in [0.25, 0.3) is 0 Å². The zero-order chi connectivity index (χ0) is 26.7. The second-order valence-electron chi connectivity index (χ2n) is 11.3. The molecular formula is C35H46N2OS. The molecule has 4 heteroatoms. The van der Waals surface area contributed by atoms with E-state index in [4.69, 9.17) is 4.74 Å². The van der Waals surface area contributed by atoms with Gasteiger partial charge in [0, 0.05) is 22.4 Å². The molecule has 2 heterocycles. The van der Waals surface area contributed by atoms with Crippen LogP contribution in [0.5, 0.6) is 5.75 Å². The molecule has 39 heavy (non-hydrogen) atoms. The number of hydrogen-bond acceptors (Lipinski definition) is 4. The minimum atomic E-state index is 0.592. The quantitative estimate of drug-likeness (QED) is 0.177. The van der Waals surface area contributed by atoms with Crippen LogP contribution in [0, 0.1) is 0 Å². The number of benzene rings is 3. The molecular weight excluding hydrogens is 496 g/mol. The molecule has 3 aromatic rings. The number of likely N-dealkylation sites (tertiary alicyclic amines) is 1. The topological polar surface area (TPSA) is 15.7 Å². The maximum Gasteiger partial charge on any atom is 0.119 e. The number of nitrogens with zero attached hydrogens (tertiary/aromatic N) is 2. The molecule has 2 aliphatic rings. The minimum Gasteiger partial charge on any atom is -0.494 e. The van der Waals surface area contributed by atoms with Crippen LogP contribution in [0.25, 0.3) is 0 Å². The van der Waals surface area contributed by atoms with E-state index in [9.17, 15) is 0 Å². The van der Waals surface area contributed by atoms with E-state index in [0.717, 1.165) is 25.3 Å². The highest BCUT2D eigenvalue weighted by molar-refractivity contribution is 7.99. The predicted molar refractivity (Wildman–Crippen MR) is 167 cm³/mol. The fourth-order valence-corrected chi connectivity index (χ4v) is 7.21.